The van der Waals surface area contributed by atoms with Gasteiger partial charge in [0.25, 0.3) is 0 Å². The van der Waals surface area contributed by atoms with Crippen LogP contribution in [-0.2, 0) is 16.1 Å². The van der Waals surface area contributed by atoms with E-state index >= 15 is 0 Å². The van der Waals surface area contributed by atoms with Gasteiger partial charge in [0.15, 0.2) is 0 Å². The predicted octanol–water partition coefficient (Wildman–Crippen LogP) is 3.12. The van der Waals surface area contributed by atoms with E-state index in [0.717, 1.165) is 31.2 Å². The van der Waals surface area contributed by atoms with Gasteiger partial charge < -0.3 is 10.4 Å². The van der Waals surface area contributed by atoms with Crippen molar-refractivity contribution in [2.75, 3.05) is 0 Å². The van der Waals surface area contributed by atoms with Crippen LogP contribution in [0.5, 0.6) is 0 Å². The number of carbonyl (C=O) groups excluding carboxylic acids is 1. The van der Waals surface area contributed by atoms with Gasteiger partial charge in [-0.25, -0.2) is 0 Å². The first kappa shape index (κ1) is 15.5. The van der Waals surface area contributed by atoms with E-state index in [4.69, 9.17) is 0 Å². The van der Waals surface area contributed by atoms with Crippen molar-refractivity contribution in [3.05, 3.63) is 35.9 Å². The topological polar surface area (TPSA) is 66.4 Å². The highest BCUT2D eigenvalue weighted by atomic mass is 16.4. The summed E-state index contributed by atoms with van der Waals surface area (Å²) in [5.41, 5.74) is 0.160. The molecule has 0 saturated heterocycles. The molecule has 0 unspecified atom stereocenters. The van der Waals surface area contributed by atoms with Crippen LogP contribution in [0.25, 0.3) is 0 Å². The van der Waals surface area contributed by atoms with Crippen LogP contribution in [0.4, 0.5) is 0 Å². The molecule has 0 aromatic heterocycles. The molecule has 1 fully saturated rings. The summed E-state index contributed by atoms with van der Waals surface area (Å²) in [6.07, 6.45) is 5.26. The van der Waals surface area contributed by atoms with Crippen LogP contribution in [0.15, 0.2) is 30.3 Å². The maximum Gasteiger partial charge on any atom is 0.310 e. The quantitative estimate of drug-likeness (QED) is 0.818. The Hall–Kier alpha value is -1.84. The number of carbonyl (C=O) groups is 2. The molecule has 0 atom stereocenters. The summed E-state index contributed by atoms with van der Waals surface area (Å²) in [4.78, 5) is 23.8. The maximum atomic E-state index is 12.1. The maximum absolute atomic E-state index is 12.1. The molecule has 2 N–H and O–H groups in total. The Morgan fingerprint density at radius 2 is 1.67 bits per heavy atom. The van der Waals surface area contributed by atoms with Gasteiger partial charge >= 0.3 is 5.97 Å². The third-order valence-corrected chi connectivity index (χ3v) is 4.35. The summed E-state index contributed by atoms with van der Waals surface area (Å²) >= 11 is 0. The fourth-order valence-electron chi connectivity index (χ4n) is 3.04. The summed E-state index contributed by atoms with van der Waals surface area (Å²) < 4.78 is 0. The van der Waals surface area contributed by atoms with Crippen LogP contribution in [0.3, 0.4) is 0 Å². The van der Waals surface area contributed by atoms with Crippen molar-refractivity contribution in [2.24, 2.45) is 5.41 Å². The lowest BCUT2D eigenvalue weighted by Crippen LogP contribution is -2.37. The van der Waals surface area contributed by atoms with Crippen molar-refractivity contribution in [3.63, 3.8) is 0 Å². The SMILES string of the molecule is O=C(CC1(C(=O)O)CCCCCC1)NCc1ccccc1. The smallest absolute Gasteiger partial charge is 0.310 e. The zero-order valence-electron chi connectivity index (χ0n) is 12.3. The van der Waals surface area contributed by atoms with E-state index < -0.39 is 11.4 Å². The molecule has 4 heteroatoms. The highest BCUT2D eigenvalue weighted by Gasteiger charge is 2.40. The molecule has 1 aromatic carbocycles. The van der Waals surface area contributed by atoms with Gasteiger partial charge in [0, 0.05) is 13.0 Å². The Morgan fingerprint density at radius 3 is 2.24 bits per heavy atom. The van der Waals surface area contributed by atoms with E-state index in [2.05, 4.69) is 5.32 Å². The third-order valence-electron chi connectivity index (χ3n) is 4.35. The number of benzene rings is 1. The second kappa shape index (κ2) is 7.25. The van der Waals surface area contributed by atoms with Crippen molar-refractivity contribution in [1.29, 1.82) is 0 Å². The number of hydrogen-bond acceptors (Lipinski definition) is 2. The van der Waals surface area contributed by atoms with Crippen LogP contribution in [-0.4, -0.2) is 17.0 Å². The van der Waals surface area contributed by atoms with Gasteiger partial charge in [0.2, 0.25) is 5.91 Å². The Morgan fingerprint density at radius 1 is 1.05 bits per heavy atom. The highest BCUT2D eigenvalue weighted by molar-refractivity contribution is 5.85. The molecular formula is C17H23NO3. The minimum absolute atomic E-state index is 0.0924. The Kier molecular flexibility index (Phi) is 5.37. The number of nitrogens with one attached hydrogen (secondary N) is 1. The molecule has 4 nitrogen and oxygen atoms in total. The standard InChI is InChI=1S/C17H23NO3/c19-15(18-13-14-8-4-3-5-9-14)12-17(16(20)21)10-6-1-2-7-11-17/h3-5,8-9H,1-2,6-7,10-13H2,(H,18,19)(H,20,21). The van der Waals surface area contributed by atoms with Gasteiger partial charge in [0.1, 0.15) is 0 Å². The van der Waals surface area contributed by atoms with E-state index in [-0.39, 0.29) is 12.3 Å². The van der Waals surface area contributed by atoms with Crippen molar-refractivity contribution < 1.29 is 14.7 Å². The lowest BCUT2D eigenvalue weighted by Gasteiger charge is -2.27. The van der Waals surface area contributed by atoms with E-state index in [1.807, 2.05) is 30.3 Å². The molecule has 0 radical (unpaired) electrons. The van der Waals surface area contributed by atoms with Crippen molar-refractivity contribution in [2.45, 2.75) is 51.5 Å². The zero-order valence-corrected chi connectivity index (χ0v) is 12.3. The molecule has 1 saturated carbocycles. The second-order valence-electron chi connectivity index (χ2n) is 5.94. The first-order chi connectivity index (χ1) is 10.1. The van der Waals surface area contributed by atoms with Crippen LogP contribution in [0, 0.1) is 5.41 Å². The summed E-state index contributed by atoms with van der Waals surface area (Å²) in [6, 6.07) is 9.66. The number of hydrogen-bond donors (Lipinski definition) is 2. The van der Waals surface area contributed by atoms with Gasteiger partial charge in [-0.1, -0.05) is 56.0 Å². The molecule has 0 heterocycles. The van der Waals surface area contributed by atoms with Crippen LogP contribution in [0.1, 0.15) is 50.5 Å². The normalized spacial score (nSPS) is 17.7. The fraction of sp³-hybridized carbons (Fsp3) is 0.529. The number of carboxylic acids is 1. The van der Waals surface area contributed by atoms with Crippen LogP contribution < -0.4 is 5.32 Å². The van der Waals surface area contributed by atoms with Gasteiger partial charge in [-0.05, 0) is 18.4 Å². The predicted molar refractivity (Wildman–Crippen MR) is 80.7 cm³/mol. The zero-order chi connectivity index (χ0) is 15.1. The molecule has 1 aliphatic carbocycles. The minimum Gasteiger partial charge on any atom is -0.481 e. The Labute approximate surface area is 125 Å². The van der Waals surface area contributed by atoms with E-state index in [0.29, 0.717) is 19.4 Å². The molecule has 0 spiro atoms. The summed E-state index contributed by atoms with van der Waals surface area (Å²) in [7, 11) is 0. The van der Waals surface area contributed by atoms with Crippen molar-refractivity contribution in [3.8, 4) is 0 Å². The molecule has 0 bridgehead atoms. The molecule has 2 rings (SSSR count). The van der Waals surface area contributed by atoms with E-state index in [9.17, 15) is 14.7 Å². The van der Waals surface area contributed by atoms with Crippen molar-refractivity contribution >= 4 is 11.9 Å². The average molecular weight is 289 g/mol. The number of carboxylic acid groups (broad SMARTS) is 1. The monoisotopic (exact) mass is 289 g/mol. The molecule has 114 valence electrons. The molecular weight excluding hydrogens is 266 g/mol. The third kappa shape index (κ3) is 4.31. The molecule has 21 heavy (non-hydrogen) atoms. The molecule has 1 amide bonds. The first-order valence-electron chi connectivity index (χ1n) is 7.66. The number of aliphatic carboxylic acids is 1. The summed E-state index contributed by atoms with van der Waals surface area (Å²) in [5.74, 6) is -0.984. The van der Waals surface area contributed by atoms with Crippen molar-refractivity contribution in [1.82, 2.24) is 5.32 Å². The fourth-order valence-corrected chi connectivity index (χ4v) is 3.04. The molecule has 1 aliphatic rings. The van der Waals surface area contributed by atoms with Crippen LogP contribution in [0.2, 0.25) is 0 Å². The second-order valence-corrected chi connectivity index (χ2v) is 5.94. The van der Waals surface area contributed by atoms with Crippen LogP contribution >= 0.6 is 0 Å². The molecule has 1 aromatic rings. The van der Waals surface area contributed by atoms with E-state index in [1.54, 1.807) is 0 Å². The van der Waals surface area contributed by atoms with Gasteiger partial charge in [-0.15, -0.1) is 0 Å². The Balaban J connectivity index is 1.93. The minimum atomic E-state index is -0.864. The van der Waals surface area contributed by atoms with Gasteiger partial charge in [-0.3, -0.25) is 9.59 Å². The largest absolute Gasteiger partial charge is 0.481 e. The lowest BCUT2D eigenvalue weighted by atomic mass is 9.77. The molecule has 0 aliphatic heterocycles. The van der Waals surface area contributed by atoms with Gasteiger partial charge in [0.05, 0.1) is 5.41 Å². The highest BCUT2D eigenvalue weighted by Crippen LogP contribution is 2.38. The number of amides is 1. The van der Waals surface area contributed by atoms with E-state index in [1.165, 1.54) is 0 Å². The Bertz CT molecular complexity index is 476. The number of rotatable bonds is 5. The lowest BCUT2D eigenvalue weighted by molar-refractivity contribution is -0.152. The van der Waals surface area contributed by atoms with Gasteiger partial charge in [-0.2, -0.15) is 0 Å². The summed E-state index contributed by atoms with van der Waals surface area (Å²) in [6.45, 7) is 0.454. The first-order valence-corrected chi connectivity index (χ1v) is 7.66. The summed E-state index contributed by atoms with van der Waals surface area (Å²) in [5, 5.41) is 12.4. The average Bonchev–Trinajstić information content (AvgIpc) is 2.73.